The number of rotatable bonds is 5. The Bertz CT molecular complexity index is 636. The number of carbonyl (C=O) groups is 2. The molecule has 0 aliphatic rings. The maximum Gasteiger partial charge on any atom is 0.354 e. The number of carbonyl (C=O) groups excluding carboxylic acids is 1. The van der Waals surface area contributed by atoms with Gasteiger partial charge in [-0.1, -0.05) is 12.1 Å². The number of methoxy groups -OCH3 is 1. The summed E-state index contributed by atoms with van der Waals surface area (Å²) in [5.74, 6) is -1.82. The molecular formula is C13H13N3O4. The summed E-state index contributed by atoms with van der Waals surface area (Å²) in [4.78, 5) is 29.0. The van der Waals surface area contributed by atoms with Crippen molar-refractivity contribution in [3.8, 4) is 0 Å². The molecule has 0 saturated heterocycles. The highest BCUT2D eigenvalue weighted by atomic mass is 16.5. The molecule has 0 radical (unpaired) electrons. The average Bonchev–Trinajstić information content (AvgIpc) is 2.89. The van der Waals surface area contributed by atoms with Crippen molar-refractivity contribution in [1.29, 1.82) is 0 Å². The minimum atomic E-state index is -1.24. The van der Waals surface area contributed by atoms with E-state index >= 15 is 0 Å². The molecule has 7 heteroatoms. The fraction of sp³-hybridized carbons (Fsp3) is 0.154. The SMILES string of the molecule is COCc1cccc(NC(=O)c2nc[nH]c2C(=O)O)c1. The number of H-pyrrole nitrogens is 1. The zero-order valence-electron chi connectivity index (χ0n) is 10.7. The summed E-state index contributed by atoms with van der Waals surface area (Å²) in [7, 11) is 1.58. The van der Waals surface area contributed by atoms with Crippen LogP contribution < -0.4 is 5.32 Å². The standard InChI is InChI=1S/C13H13N3O4/c1-20-6-8-3-2-4-9(5-8)16-12(17)10-11(13(18)19)15-7-14-10/h2-5,7H,6H2,1H3,(H,14,15)(H,16,17)(H,18,19). The van der Waals surface area contributed by atoms with Crippen molar-refractivity contribution in [3.05, 3.63) is 47.5 Å². The van der Waals surface area contributed by atoms with Crippen molar-refractivity contribution in [2.24, 2.45) is 0 Å². The molecule has 0 saturated carbocycles. The van der Waals surface area contributed by atoms with Crippen LogP contribution in [0.25, 0.3) is 0 Å². The number of aromatic nitrogens is 2. The first-order valence-electron chi connectivity index (χ1n) is 5.77. The predicted molar refractivity (Wildman–Crippen MR) is 70.7 cm³/mol. The Morgan fingerprint density at radius 1 is 1.45 bits per heavy atom. The lowest BCUT2D eigenvalue weighted by atomic mass is 10.2. The Morgan fingerprint density at radius 2 is 2.25 bits per heavy atom. The quantitative estimate of drug-likeness (QED) is 0.767. The van der Waals surface area contributed by atoms with E-state index in [0.717, 1.165) is 5.56 Å². The summed E-state index contributed by atoms with van der Waals surface area (Å²) in [6.45, 7) is 0.423. The molecule has 104 valence electrons. The number of amides is 1. The van der Waals surface area contributed by atoms with E-state index in [0.29, 0.717) is 12.3 Å². The number of carboxylic acids is 1. The topological polar surface area (TPSA) is 104 Å². The number of hydrogen-bond donors (Lipinski definition) is 3. The molecular weight excluding hydrogens is 262 g/mol. The number of anilines is 1. The third kappa shape index (κ3) is 3.01. The summed E-state index contributed by atoms with van der Waals surface area (Å²) < 4.78 is 5.00. The summed E-state index contributed by atoms with van der Waals surface area (Å²) in [6, 6.07) is 7.07. The van der Waals surface area contributed by atoms with Gasteiger partial charge >= 0.3 is 5.97 Å². The van der Waals surface area contributed by atoms with Crippen LogP contribution in [0.3, 0.4) is 0 Å². The van der Waals surface area contributed by atoms with Gasteiger partial charge in [-0.3, -0.25) is 4.79 Å². The highest BCUT2D eigenvalue weighted by Gasteiger charge is 2.19. The number of nitrogens with one attached hydrogen (secondary N) is 2. The molecule has 0 bridgehead atoms. The fourth-order valence-corrected chi connectivity index (χ4v) is 1.73. The van der Waals surface area contributed by atoms with Gasteiger partial charge in [0.15, 0.2) is 11.4 Å². The maximum absolute atomic E-state index is 12.0. The van der Waals surface area contributed by atoms with Gasteiger partial charge in [0.2, 0.25) is 0 Å². The molecule has 1 amide bonds. The number of ether oxygens (including phenoxy) is 1. The summed E-state index contributed by atoms with van der Waals surface area (Å²) in [6.07, 6.45) is 1.17. The van der Waals surface area contributed by atoms with Crippen molar-refractivity contribution < 1.29 is 19.4 Å². The van der Waals surface area contributed by atoms with Gasteiger partial charge in [0, 0.05) is 12.8 Å². The molecule has 0 spiro atoms. The molecule has 1 aromatic heterocycles. The molecule has 2 aromatic rings. The van der Waals surface area contributed by atoms with Gasteiger partial charge in [0.1, 0.15) is 0 Å². The molecule has 2 rings (SSSR count). The summed E-state index contributed by atoms with van der Waals surface area (Å²) >= 11 is 0. The lowest BCUT2D eigenvalue weighted by Gasteiger charge is -2.06. The molecule has 0 aliphatic heterocycles. The number of imidazole rings is 1. The van der Waals surface area contributed by atoms with Crippen LogP contribution in [0.15, 0.2) is 30.6 Å². The molecule has 0 aliphatic carbocycles. The normalized spacial score (nSPS) is 10.2. The third-order valence-corrected chi connectivity index (χ3v) is 2.56. The van der Waals surface area contributed by atoms with E-state index < -0.39 is 11.9 Å². The number of aromatic amines is 1. The van der Waals surface area contributed by atoms with E-state index in [4.69, 9.17) is 9.84 Å². The van der Waals surface area contributed by atoms with Gasteiger partial charge in [0.05, 0.1) is 12.9 Å². The first-order chi connectivity index (χ1) is 9.61. The lowest BCUT2D eigenvalue weighted by molar-refractivity contribution is 0.0686. The van der Waals surface area contributed by atoms with Crippen molar-refractivity contribution in [2.75, 3.05) is 12.4 Å². The van der Waals surface area contributed by atoms with Gasteiger partial charge in [-0.05, 0) is 17.7 Å². The van der Waals surface area contributed by atoms with Crippen LogP contribution in [0.5, 0.6) is 0 Å². The average molecular weight is 275 g/mol. The maximum atomic E-state index is 12.0. The monoisotopic (exact) mass is 275 g/mol. The Balaban J connectivity index is 2.17. The van der Waals surface area contributed by atoms with Crippen LogP contribution in [0, 0.1) is 0 Å². The van der Waals surface area contributed by atoms with Gasteiger partial charge in [-0.25, -0.2) is 9.78 Å². The van der Waals surface area contributed by atoms with E-state index in [1.807, 2.05) is 6.07 Å². The van der Waals surface area contributed by atoms with Crippen LogP contribution in [0.2, 0.25) is 0 Å². The Morgan fingerprint density at radius 3 is 2.95 bits per heavy atom. The van der Waals surface area contributed by atoms with Crippen LogP contribution >= 0.6 is 0 Å². The van der Waals surface area contributed by atoms with E-state index in [1.165, 1.54) is 6.33 Å². The predicted octanol–water partition coefficient (Wildman–Crippen LogP) is 1.51. The number of benzene rings is 1. The summed E-state index contributed by atoms with van der Waals surface area (Å²) in [5.41, 5.74) is 1.04. The minimum absolute atomic E-state index is 0.158. The van der Waals surface area contributed by atoms with Crippen LogP contribution in [-0.4, -0.2) is 34.1 Å². The highest BCUT2D eigenvalue weighted by Crippen LogP contribution is 2.13. The molecule has 1 aromatic carbocycles. The molecule has 0 fully saturated rings. The van der Waals surface area contributed by atoms with Crippen LogP contribution in [0.1, 0.15) is 26.5 Å². The molecule has 20 heavy (non-hydrogen) atoms. The van der Waals surface area contributed by atoms with Gasteiger partial charge in [0.25, 0.3) is 5.91 Å². The second kappa shape index (κ2) is 5.98. The Labute approximate surface area is 114 Å². The van der Waals surface area contributed by atoms with Gasteiger partial charge in [-0.15, -0.1) is 0 Å². The van der Waals surface area contributed by atoms with Crippen molar-refractivity contribution in [2.45, 2.75) is 6.61 Å². The third-order valence-electron chi connectivity index (χ3n) is 2.56. The zero-order chi connectivity index (χ0) is 14.5. The zero-order valence-corrected chi connectivity index (χ0v) is 10.7. The second-order valence-electron chi connectivity index (χ2n) is 4.02. The van der Waals surface area contributed by atoms with Crippen molar-refractivity contribution in [1.82, 2.24) is 9.97 Å². The largest absolute Gasteiger partial charge is 0.477 e. The van der Waals surface area contributed by atoms with E-state index in [-0.39, 0.29) is 11.4 Å². The first-order valence-corrected chi connectivity index (χ1v) is 5.77. The summed E-state index contributed by atoms with van der Waals surface area (Å²) in [5, 5.41) is 11.5. The van der Waals surface area contributed by atoms with Crippen LogP contribution in [-0.2, 0) is 11.3 Å². The smallest absolute Gasteiger partial charge is 0.354 e. The molecule has 0 atom stereocenters. The Hall–Kier alpha value is -2.67. The second-order valence-corrected chi connectivity index (χ2v) is 4.02. The van der Waals surface area contributed by atoms with Crippen molar-refractivity contribution >= 4 is 17.6 Å². The molecule has 3 N–H and O–H groups in total. The first kappa shape index (κ1) is 13.8. The van der Waals surface area contributed by atoms with Crippen molar-refractivity contribution in [3.63, 3.8) is 0 Å². The molecule has 7 nitrogen and oxygen atoms in total. The number of carboxylic acid groups (broad SMARTS) is 1. The fourth-order valence-electron chi connectivity index (χ4n) is 1.73. The molecule has 1 heterocycles. The van der Waals surface area contributed by atoms with E-state index in [9.17, 15) is 9.59 Å². The number of hydrogen-bond acceptors (Lipinski definition) is 4. The highest BCUT2D eigenvalue weighted by molar-refractivity contribution is 6.08. The van der Waals surface area contributed by atoms with Crippen LogP contribution in [0.4, 0.5) is 5.69 Å². The van der Waals surface area contributed by atoms with Gasteiger partial charge < -0.3 is 20.1 Å². The lowest BCUT2D eigenvalue weighted by Crippen LogP contribution is -2.16. The minimum Gasteiger partial charge on any atom is -0.477 e. The van der Waals surface area contributed by atoms with E-state index in [2.05, 4.69) is 15.3 Å². The number of nitrogens with zero attached hydrogens (tertiary/aromatic N) is 1. The molecule has 0 unspecified atom stereocenters. The number of aromatic carboxylic acids is 1. The van der Waals surface area contributed by atoms with E-state index in [1.54, 1.807) is 25.3 Å². The Kier molecular flexibility index (Phi) is 4.11. The van der Waals surface area contributed by atoms with Gasteiger partial charge in [-0.2, -0.15) is 0 Å².